The lowest BCUT2D eigenvalue weighted by Crippen LogP contribution is -2.11. The van der Waals surface area contributed by atoms with E-state index in [2.05, 4.69) is 15.3 Å². The summed E-state index contributed by atoms with van der Waals surface area (Å²) in [4.78, 5) is 20.6. The van der Waals surface area contributed by atoms with Crippen LogP contribution < -0.4 is 5.32 Å². The summed E-state index contributed by atoms with van der Waals surface area (Å²) in [5, 5.41) is 12.4. The predicted molar refractivity (Wildman–Crippen MR) is 94.0 cm³/mol. The summed E-state index contributed by atoms with van der Waals surface area (Å²) in [7, 11) is 0. The van der Waals surface area contributed by atoms with Crippen LogP contribution in [0.3, 0.4) is 0 Å². The Morgan fingerprint density at radius 1 is 1.00 bits per heavy atom. The molecule has 2 aromatic carbocycles. The first-order valence-electron chi connectivity index (χ1n) is 7.37. The van der Waals surface area contributed by atoms with Gasteiger partial charge in [0.05, 0.1) is 23.2 Å². The fourth-order valence-electron chi connectivity index (χ4n) is 2.09. The van der Waals surface area contributed by atoms with Crippen molar-refractivity contribution in [3.63, 3.8) is 0 Å². The molecule has 5 nitrogen and oxygen atoms in total. The maximum absolute atomic E-state index is 12.1. The molecule has 3 aromatic rings. The molecule has 2 N–H and O–H groups in total. The second-order valence-electron chi connectivity index (χ2n) is 5.03. The van der Waals surface area contributed by atoms with Gasteiger partial charge in [-0.05, 0) is 48.5 Å². The van der Waals surface area contributed by atoms with E-state index in [0.29, 0.717) is 5.69 Å². The number of aliphatic imine (C=N–C) groups is 1. The summed E-state index contributed by atoms with van der Waals surface area (Å²) in [6.45, 7) is 0. The number of aromatic nitrogens is 1. The zero-order valence-corrected chi connectivity index (χ0v) is 12.8. The maximum Gasteiger partial charge on any atom is 0.259 e. The molecule has 0 unspecified atom stereocenters. The standard InChI is InChI=1S/C19H15N3O2/c23-18-7-2-1-6-17(18)19(24)22-15-10-8-14(9-11-15)21-13-16-5-3-4-12-20-16/h1-13,23H,(H,22,24). The molecule has 1 heterocycles. The van der Waals surface area contributed by atoms with Gasteiger partial charge in [0.1, 0.15) is 5.75 Å². The van der Waals surface area contributed by atoms with Gasteiger partial charge in [-0.3, -0.25) is 14.8 Å². The summed E-state index contributed by atoms with van der Waals surface area (Å²) in [5.74, 6) is -0.413. The van der Waals surface area contributed by atoms with E-state index in [4.69, 9.17) is 0 Å². The van der Waals surface area contributed by atoms with Gasteiger partial charge in [-0.2, -0.15) is 0 Å². The van der Waals surface area contributed by atoms with Crippen LogP contribution in [-0.4, -0.2) is 22.2 Å². The lowest BCUT2D eigenvalue weighted by molar-refractivity contribution is 0.102. The number of benzene rings is 2. The Hall–Kier alpha value is -3.47. The van der Waals surface area contributed by atoms with Crippen LogP contribution in [0.4, 0.5) is 11.4 Å². The number of hydrogen-bond acceptors (Lipinski definition) is 4. The van der Waals surface area contributed by atoms with Crippen LogP contribution in [-0.2, 0) is 0 Å². The predicted octanol–water partition coefficient (Wildman–Crippen LogP) is 3.79. The average Bonchev–Trinajstić information content (AvgIpc) is 2.62. The number of anilines is 1. The van der Waals surface area contributed by atoms with Crippen LogP contribution in [0.25, 0.3) is 0 Å². The van der Waals surface area contributed by atoms with Gasteiger partial charge in [0, 0.05) is 11.9 Å². The Balaban J connectivity index is 1.68. The van der Waals surface area contributed by atoms with Crippen molar-refractivity contribution in [1.82, 2.24) is 4.98 Å². The van der Waals surface area contributed by atoms with Crippen molar-refractivity contribution >= 4 is 23.5 Å². The van der Waals surface area contributed by atoms with Crippen LogP contribution in [0.2, 0.25) is 0 Å². The van der Waals surface area contributed by atoms with Crippen molar-refractivity contribution in [2.45, 2.75) is 0 Å². The molecule has 118 valence electrons. The summed E-state index contributed by atoms with van der Waals surface area (Å²) in [6.07, 6.45) is 3.38. The van der Waals surface area contributed by atoms with Gasteiger partial charge in [-0.15, -0.1) is 0 Å². The van der Waals surface area contributed by atoms with Gasteiger partial charge >= 0.3 is 0 Å². The first-order chi connectivity index (χ1) is 11.7. The number of nitrogens with zero attached hydrogens (tertiary/aromatic N) is 2. The number of pyridine rings is 1. The van der Waals surface area contributed by atoms with E-state index in [1.807, 2.05) is 18.2 Å². The van der Waals surface area contributed by atoms with Crippen LogP contribution in [0, 0.1) is 0 Å². The molecule has 0 radical (unpaired) electrons. The van der Waals surface area contributed by atoms with Gasteiger partial charge < -0.3 is 10.4 Å². The molecule has 3 rings (SSSR count). The Morgan fingerprint density at radius 3 is 2.46 bits per heavy atom. The van der Waals surface area contributed by atoms with Gasteiger partial charge in [-0.1, -0.05) is 18.2 Å². The van der Waals surface area contributed by atoms with Gasteiger partial charge in [-0.25, -0.2) is 0 Å². The minimum Gasteiger partial charge on any atom is -0.507 e. The van der Waals surface area contributed by atoms with Crippen LogP contribution in [0.1, 0.15) is 16.1 Å². The zero-order chi connectivity index (χ0) is 16.8. The van der Waals surface area contributed by atoms with Crippen LogP contribution in [0.5, 0.6) is 5.75 Å². The molecule has 0 bridgehead atoms. The van der Waals surface area contributed by atoms with Crippen molar-refractivity contribution in [2.75, 3.05) is 5.32 Å². The third-order valence-electron chi connectivity index (χ3n) is 3.31. The Labute approximate surface area is 139 Å². The number of phenolic OH excluding ortho intramolecular Hbond substituents is 1. The summed E-state index contributed by atoms with van der Waals surface area (Å²) < 4.78 is 0. The Kier molecular flexibility index (Phi) is 4.62. The van der Waals surface area contributed by atoms with Crippen molar-refractivity contribution in [3.05, 3.63) is 84.2 Å². The number of rotatable bonds is 4. The molecule has 0 saturated carbocycles. The van der Waals surface area contributed by atoms with Crippen LogP contribution in [0.15, 0.2) is 77.9 Å². The maximum atomic E-state index is 12.1. The van der Waals surface area contributed by atoms with E-state index >= 15 is 0 Å². The lowest BCUT2D eigenvalue weighted by atomic mass is 10.2. The molecule has 5 heteroatoms. The topological polar surface area (TPSA) is 74.6 Å². The van der Waals surface area contributed by atoms with Crippen molar-refractivity contribution < 1.29 is 9.90 Å². The van der Waals surface area contributed by atoms with Crippen molar-refractivity contribution in [3.8, 4) is 5.75 Å². The molecule has 0 atom stereocenters. The highest BCUT2D eigenvalue weighted by molar-refractivity contribution is 6.06. The number of hydrogen-bond donors (Lipinski definition) is 2. The number of para-hydroxylation sites is 1. The zero-order valence-electron chi connectivity index (χ0n) is 12.8. The Morgan fingerprint density at radius 2 is 1.75 bits per heavy atom. The van der Waals surface area contributed by atoms with Crippen molar-refractivity contribution in [2.24, 2.45) is 4.99 Å². The smallest absolute Gasteiger partial charge is 0.259 e. The molecule has 0 aliphatic rings. The number of amides is 1. The van der Waals surface area contributed by atoms with Gasteiger partial charge in [0.2, 0.25) is 0 Å². The first-order valence-corrected chi connectivity index (χ1v) is 7.37. The molecule has 1 aromatic heterocycles. The summed E-state index contributed by atoms with van der Waals surface area (Å²) in [5.41, 5.74) is 2.38. The molecular formula is C19H15N3O2. The van der Waals surface area contributed by atoms with E-state index < -0.39 is 0 Å². The number of phenols is 1. The van der Waals surface area contributed by atoms with Gasteiger partial charge in [0.25, 0.3) is 5.91 Å². The fourth-order valence-corrected chi connectivity index (χ4v) is 2.09. The minimum absolute atomic E-state index is 0.0495. The summed E-state index contributed by atoms with van der Waals surface area (Å²) in [6, 6.07) is 19.1. The average molecular weight is 317 g/mol. The number of carbonyl (C=O) groups is 1. The van der Waals surface area contributed by atoms with E-state index in [9.17, 15) is 9.90 Å². The third-order valence-corrected chi connectivity index (χ3v) is 3.31. The Bertz CT molecular complexity index is 859. The molecular weight excluding hydrogens is 302 g/mol. The quantitative estimate of drug-likeness (QED) is 0.719. The SMILES string of the molecule is O=C(Nc1ccc(N=Cc2ccccn2)cc1)c1ccccc1O. The monoisotopic (exact) mass is 317 g/mol. The molecule has 0 fully saturated rings. The highest BCUT2D eigenvalue weighted by Gasteiger charge is 2.10. The largest absolute Gasteiger partial charge is 0.507 e. The van der Waals surface area contributed by atoms with E-state index in [1.54, 1.807) is 54.9 Å². The van der Waals surface area contributed by atoms with E-state index in [-0.39, 0.29) is 17.2 Å². The number of aromatic hydroxyl groups is 1. The molecule has 0 spiro atoms. The highest BCUT2D eigenvalue weighted by atomic mass is 16.3. The molecule has 0 aliphatic heterocycles. The van der Waals surface area contributed by atoms with Crippen molar-refractivity contribution in [1.29, 1.82) is 0 Å². The summed E-state index contributed by atoms with van der Waals surface area (Å²) >= 11 is 0. The molecule has 1 amide bonds. The first kappa shape index (κ1) is 15.4. The van der Waals surface area contributed by atoms with Gasteiger partial charge in [0.15, 0.2) is 0 Å². The van der Waals surface area contributed by atoms with E-state index in [1.165, 1.54) is 6.07 Å². The molecule has 24 heavy (non-hydrogen) atoms. The van der Waals surface area contributed by atoms with E-state index in [0.717, 1.165) is 11.4 Å². The number of carbonyl (C=O) groups excluding carboxylic acids is 1. The normalized spacial score (nSPS) is 10.7. The lowest BCUT2D eigenvalue weighted by Gasteiger charge is -2.06. The third kappa shape index (κ3) is 3.84. The highest BCUT2D eigenvalue weighted by Crippen LogP contribution is 2.20. The second kappa shape index (κ2) is 7.19. The number of nitrogens with one attached hydrogen (secondary N) is 1. The molecule has 0 saturated heterocycles. The van der Waals surface area contributed by atoms with Crippen LogP contribution >= 0.6 is 0 Å². The molecule has 0 aliphatic carbocycles. The second-order valence-corrected chi connectivity index (χ2v) is 5.03. The fraction of sp³-hybridized carbons (Fsp3) is 0. The minimum atomic E-state index is -0.363.